The van der Waals surface area contributed by atoms with Crippen molar-refractivity contribution in [3.05, 3.63) is 0 Å². The van der Waals surface area contributed by atoms with E-state index in [0.29, 0.717) is 18.9 Å². The molecule has 7 heteroatoms. The summed E-state index contributed by atoms with van der Waals surface area (Å²) in [5.74, 6) is 0.408. The molecule has 0 rings (SSSR count). The van der Waals surface area contributed by atoms with Gasteiger partial charge in [0.15, 0.2) is 0 Å². The predicted octanol–water partition coefficient (Wildman–Crippen LogP) is -0.856. The van der Waals surface area contributed by atoms with Crippen molar-refractivity contribution < 1.29 is 17.4 Å². The van der Waals surface area contributed by atoms with Gasteiger partial charge in [0.05, 0.1) is 17.6 Å². The topological polar surface area (TPSA) is 86.5 Å². The molecule has 2 atom stereocenters. The van der Waals surface area contributed by atoms with Gasteiger partial charge in [-0.3, -0.25) is 4.21 Å². The minimum atomic E-state index is -3.04. The molecule has 5 nitrogen and oxygen atoms in total. The molecular weight excluding hydrogens is 238 g/mol. The van der Waals surface area contributed by atoms with Crippen LogP contribution in [0.25, 0.3) is 0 Å². The summed E-state index contributed by atoms with van der Waals surface area (Å²) in [5, 5.41) is 0. The van der Waals surface area contributed by atoms with Gasteiger partial charge in [0.1, 0.15) is 9.84 Å². The third kappa shape index (κ3) is 8.98. The summed E-state index contributed by atoms with van der Waals surface area (Å²) in [6.07, 6.45) is 0.892. The number of hydrogen-bond acceptors (Lipinski definition) is 5. The Morgan fingerprint density at radius 1 is 1.47 bits per heavy atom. The van der Waals surface area contributed by atoms with Crippen molar-refractivity contribution in [2.24, 2.45) is 5.73 Å². The molecule has 0 spiro atoms. The maximum absolute atomic E-state index is 11.4. The lowest BCUT2D eigenvalue weighted by Gasteiger charge is -2.13. The molecule has 0 saturated carbocycles. The summed E-state index contributed by atoms with van der Waals surface area (Å²) >= 11 is 0. The average Bonchev–Trinajstić information content (AvgIpc) is 2.13. The Kier molecular flexibility index (Phi) is 7.33. The minimum Gasteiger partial charge on any atom is -0.376 e. The van der Waals surface area contributed by atoms with E-state index in [1.807, 2.05) is 6.92 Å². The van der Waals surface area contributed by atoms with E-state index in [9.17, 15) is 12.6 Å². The van der Waals surface area contributed by atoms with E-state index in [1.165, 1.54) is 0 Å². The van der Waals surface area contributed by atoms with Gasteiger partial charge in [-0.1, -0.05) is 0 Å². The first-order valence-electron chi connectivity index (χ1n) is 4.73. The van der Waals surface area contributed by atoms with Crippen LogP contribution in [0.1, 0.15) is 6.92 Å². The van der Waals surface area contributed by atoms with E-state index in [4.69, 9.17) is 10.5 Å². The summed E-state index contributed by atoms with van der Waals surface area (Å²) in [6.45, 7) is 2.66. The van der Waals surface area contributed by atoms with Crippen LogP contribution in [-0.2, 0) is 25.4 Å². The van der Waals surface area contributed by atoms with E-state index in [1.54, 1.807) is 0 Å². The fraction of sp³-hybridized carbons (Fsp3) is 1.00. The maximum Gasteiger partial charge on any atom is 0.148 e. The smallest absolute Gasteiger partial charge is 0.148 e. The van der Waals surface area contributed by atoms with Gasteiger partial charge in [-0.15, -0.1) is 0 Å². The molecule has 0 fully saturated rings. The molecule has 0 heterocycles. The summed E-state index contributed by atoms with van der Waals surface area (Å²) in [5.41, 5.74) is 5.41. The molecule has 0 aromatic carbocycles. The van der Waals surface area contributed by atoms with Crippen LogP contribution in [0.5, 0.6) is 0 Å². The largest absolute Gasteiger partial charge is 0.376 e. The Bertz CT molecular complexity index is 289. The second kappa shape index (κ2) is 7.32. The molecule has 0 bridgehead atoms. The summed E-state index contributed by atoms with van der Waals surface area (Å²) in [7, 11) is -4.22. The maximum atomic E-state index is 11.4. The van der Waals surface area contributed by atoms with Gasteiger partial charge in [0.25, 0.3) is 0 Å². The number of ether oxygens (including phenoxy) is 1. The Morgan fingerprint density at radius 2 is 2.07 bits per heavy atom. The van der Waals surface area contributed by atoms with Crippen molar-refractivity contribution in [2.45, 2.75) is 13.0 Å². The average molecular weight is 257 g/mol. The Balaban J connectivity index is 3.91. The highest BCUT2D eigenvalue weighted by molar-refractivity contribution is 7.92. The number of hydrogen-bond donors (Lipinski definition) is 1. The SMILES string of the molecule is CCOC(CN)CS(=O)CCS(C)(=O)=O. The van der Waals surface area contributed by atoms with Gasteiger partial charge in [0.2, 0.25) is 0 Å². The Hall–Kier alpha value is 0.0200. The van der Waals surface area contributed by atoms with Crippen LogP contribution in [-0.4, -0.2) is 55.4 Å². The zero-order valence-corrected chi connectivity index (χ0v) is 10.8. The normalized spacial score (nSPS) is 16.2. The monoisotopic (exact) mass is 257 g/mol. The minimum absolute atomic E-state index is 0.0526. The highest BCUT2D eigenvalue weighted by atomic mass is 32.2. The van der Waals surface area contributed by atoms with Crippen LogP contribution in [0.3, 0.4) is 0 Å². The van der Waals surface area contributed by atoms with Crippen LogP contribution >= 0.6 is 0 Å². The lowest BCUT2D eigenvalue weighted by atomic mass is 10.4. The van der Waals surface area contributed by atoms with Gasteiger partial charge in [-0.25, -0.2) is 8.42 Å². The molecule has 0 aliphatic carbocycles. The van der Waals surface area contributed by atoms with Crippen molar-refractivity contribution >= 4 is 20.6 Å². The molecule has 2 unspecified atom stereocenters. The molecule has 0 aliphatic rings. The van der Waals surface area contributed by atoms with Crippen LogP contribution < -0.4 is 5.73 Å². The first-order chi connectivity index (χ1) is 6.89. The van der Waals surface area contributed by atoms with Gasteiger partial charge < -0.3 is 10.5 Å². The molecule has 0 aromatic rings. The summed E-state index contributed by atoms with van der Waals surface area (Å²) in [6, 6.07) is 0. The quantitative estimate of drug-likeness (QED) is 0.611. The molecule has 2 N–H and O–H groups in total. The number of sulfone groups is 1. The number of rotatable bonds is 8. The molecule has 15 heavy (non-hydrogen) atoms. The van der Waals surface area contributed by atoms with Gasteiger partial charge in [-0.2, -0.15) is 0 Å². The Morgan fingerprint density at radius 3 is 2.47 bits per heavy atom. The van der Waals surface area contributed by atoms with Gasteiger partial charge in [0, 0.05) is 36.0 Å². The fourth-order valence-corrected chi connectivity index (χ4v) is 3.72. The lowest BCUT2D eigenvalue weighted by molar-refractivity contribution is 0.0852. The first kappa shape index (κ1) is 15.0. The highest BCUT2D eigenvalue weighted by Gasteiger charge is 2.13. The van der Waals surface area contributed by atoms with Crippen molar-refractivity contribution in [1.82, 2.24) is 0 Å². The second-order valence-corrected chi connectivity index (χ2v) is 7.13. The van der Waals surface area contributed by atoms with E-state index in [0.717, 1.165) is 6.26 Å². The van der Waals surface area contributed by atoms with Crippen LogP contribution in [0.4, 0.5) is 0 Å². The molecule has 0 aromatic heterocycles. The third-order valence-electron chi connectivity index (χ3n) is 1.72. The van der Waals surface area contributed by atoms with Crippen LogP contribution in [0.2, 0.25) is 0 Å². The van der Waals surface area contributed by atoms with E-state index in [2.05, 4.69) is 0 Å². The number of nitrogens with two attached hydrogens (primary N) is 1. The van der Waals surface area contributed by atoms with Crippen LogP contribution in [0.15, 0.2) is 0 Å². The van der Waals surface area contributed by atoms with E-state index >= 15 is 0 Å². The van der Waals surface area contributed by atoms with Crippen molar-refractivity contribution in [3.63, 3.8) is 0 Å². The zero-order chi connectivity index (χ0) is 11.9. The first-order valence-corrected chi connectivity index (χ1v) is 8.28. The van der Waals surface area contributed by atoms with E-state index < -0.39 is 20.6 Å². The third-order valence-corrected chi connectivity index (χ3v) is 4.33. The van der Waals surface area contributed by atoms with Crippen molar-refractivity contribution in [3.8, 4) is 0 Å². The molecular formula is C8H19NO4S2. The predicted molar refractivity (Wildman–Crippen MR) is 62.1 cm³/mol. The standard InChI is InChI=1S/C8H19NO4S2/c1-3-13-8(6-9)7-14(10)4-5-15(2,11)12/h8H,3-7,9H2,1-2H3. The molecule has 92 valence electrons. The second-order valence-electron chi connectivity index (χ2n) is 3.25. The van der Waals surface area contributed by atoms with Crippen molar-refractivity contribution in [2.75, 3.05) is 36.7 Å². The lowest BCUT2D eigenvalue weighted by Crippen LogP contribution is -2.31. The fourth-order valence-electron chi connectivity index (χ4n) is 0.955. The van der Waals surface area contributed by atoms with Crippen LogP contribution in [0, 0.1) is 0 Å². The van der Waals surface area contributed by atoms with Crippen molar-refractivity contribution in [1.29, 1.82) is 0 Å². The van der Waals surface area contributed by atoms with Gasteiger partial charge >= 0.3 is 0 Å². The molecule has 0 radical (unpaired) electrons. The summed E-state index contributed by atoms with van der Waals surface area (Å²) in [4.78, 5) is 0. The van der Waals surface area contributed by atoms with E-state index in [-0.39, 0.29) is 17.6 Å². The molecule has 0 saturated heterocycles. The Labute approximate surface area is 93.7 Å². The summed E-state index contributed by atoms with van der Waals surface area (Å²) < 4.78 is 38.3. The molecule has 0 amide bonds. The molecule has 0 aliphatic heterocycles. The highest BCUT2D eigenvalue weighted by Crippen LogP contribution is 1.96. The van der Waals surface area contributed by atoms with Gasteiger partial charge in [-0.05, 0) is 6.92 Å². The zero-order valence-electron chi connectivity index (χ0n) is 9.14.